The third-order valence-electron chi connectivity index (χ3n) is 5.22. The highest BCUT2D eigenvalue weighted by Gasteiger charge is 2.35. The van der Waals surface area contributed by atoms with Crippen molar-refractivity contribution in [2.24, 2.45) is 7.05 Å². The van der Waals surface area contributed by atoms with E-state index in [1.165, 1.54) is 18.2 Å². The molecule has 2 aromatic carbocycles. The van der Waals surface area contributed by atoms with Gasteiger partial charge in [-0.25, -0.2) is 22.5 Å². The Kier molecular flexibility index (Phi) is 6.34. The number of halogens is 3. The zero-order valence-electron chi connectivity index (χ0n) is 18.7. The number of hydrogen-bond acceptors (Lipinski definition) is 7. The third kappa shape index (κ3) is 4.95. The van der Waals surface area contributed by atoms with Crippen LogP contribution in [0.5, 0.6) is 0 Å². The number of fused-ring (bicyclic) bond motifs is 1. The minimum atomic E-state index is -4.91. The molecule has 1 N–H and O–H groups in total. The molecule has 0 fully saturated rings. The van der Waals surface area contributed by atoms with E-state index in [1.54, 1.807) is 31.2 Å². The van der Waals surface area contributed by atoms with Gasteiger partial charge in [0.25, 0.3) is 11.5 Å². The van der Waals surface area contributed by atoms with Gasteiger partial charge in [0.15, 0.2) is 5.69 Å². The van der Waals surface area contributed by atoms with E-state index in [0.29, 0.717) is 25.5 Å². The summed E-state index contributed by atoms with van der Waals surface area (Å²) in [5.41, 5.74) is -2.95. The zero-order valence-corrected chi connectivity index (χ0v) is 20.3. The van der Waals surface area contributed by atoms with Gasteiger partial charge >= 0.3 is 11.9 Å². The Morgan fingerprint density at radius 3 is 2.50 bits per heavy atom. The molecule has 14 heteroatoms. The minimum Gasteiger partial charge on any atom is -0.292 e. The highest BCUT2D eigenvalue weighted by molar-refractivity contribution is 7.89. The predicted molar refractivity (Wildman–Crippen MR) is 127 cm³/mol. The monoisotopic (exact) mass is 538 g/mol. The fourth-order valence-corrected chi connectivity index (χ4v) is 5.44. The number of alkyl halides is 3. The summed E-state index contributed by atoms with van der Waals surface area (Å²) in [5, 5.41) is 0.120. The van der Waals surface area contributed by atoms with Crippen LogP contribution >= 0.6 is 11.5 Å². The number of nitrogens with one attached hydrogen (secondary N) is 1. The first-order valence-electron chi connectivity index (χ1n) is 10.2. The Morgan fingerprint density at radius 2 is 1.83 bits per heavy atom. The highest BCUT2D eigenvalue weighted by atomic mass is 32.2. The summed E-state index contributed by atoms with van der Waals surface area (Å²) < 4.78 is 71.7. The normalized spacial score (nSPS) is 12.1. The van der Waals surface area contributed by atoms with Crippen molar-refractivity contribution in [3.8, 4) is 5.69 Å². The highest BCUT2D eigenvalue weighted by Crippen LogP contribution is 2.28. The lowest BCUT2D eigenvalue weighted by Gasteiger charge is -2.14. The van der Waals surface area contributed by atoms with Crippen molar-refractivity contribution in [2.75, 3.05) is 0 Å². The van der Waals surface area contributed by atoms with E-state index in [4.69, 9.17) is 0 Å². The second kappa shape index (κ2) is 9.02. The molecule has 0 bridgehead atoms. The van der Waals surface area contributed by atoms with Crippen molar-refractivity contribution in [2.45, 2.75) is 18.9 Å². The van der Waals surface area contributed by atoms with Gasteiger partial charge in [-0.05, 0) is 42.2 Å². The lowest BCUT2D eigenvalue weighted by Crippen LogP contribution is -2.40. The molecule has 0 spiro atoms. The number of hydrogen-bond donors (Lipinski definition) is 1. The summed E-state index contributed by atoms with van der Waals surface area (Å²) in [6.45, 7) is 1.79. The third-order valence-corrected chi connectivity index (χ3v) is 7.26. The average molecular weight is 539 g/mol. The summed E-state index contributed by atoms with van der Waals surface area (Å²) >= 11 is 0.870. The first-order chi connectivity index (χ1) is 16.8. The number of nitrogens with zero attached hydrogens (tertiary/aromatic N) is 3. The van der Waals surface area contributed by atoms with Crippen molar-refractivity contribution in [1.82, 2.24) is 18.2 Å². The number of carbonyl (C=O) groups excluding carboxylic acids is 1. The van der Waals surface area contributed by atoms with Gasteiger partial charge in [0, 0.05) is 18.5 Å². The second-order valence-corrected chi connectivity index (χ2v) is 10.5. The molecule has 0 saturated heterocycles. The van der Waals surface area contributed by atoms with Gasteiger partial charge in [-0.3, -0.25) is 14.2 Å². The van der Waals surface area contributed by atoms with E-state index < -0.39 is 44.8 Å². The largest absolute Gasteiger partial charge is 0.431 e. The average Bonchev–Trinajstić information content (AvgIpc) is 3.18. The quantitative estimate of drug-likeness (QED) is 0.417. The number of aromatic nitrogens is 3. The van der Waals surface area contributed by atoms with Gasteiger partial charge in [-0.2, -0.15) is 17.5 Å². The van der Waals surface area contributed by atoms with E-state index in [-0.39, 0.29) is 16.8 Å². The molecular formula is C22H17F3N4O5S2. The number of rotatable bonds is 5. The summed E-state index contributed by atoms with van der Waals surface area (Å²) in [7, 11) is -3.22. The lowest BCUT2D eigenvalue weighted by molar-refractivity contribution is -0.144. The molecule has 0 aliphatic rings. The maximum Gasteiger partial charge on any atom is 0.431 e. The van der Waals surface area contributed by atoms with Crippen LogP contribution in [-0.4, -0.2) is 27.8 Å². The van der Waals surface area contributed by atoms with Crippen molar-refractivity contribution >= 4 is 37.5 Å². The number of benzene rings is 2. The molecule has 188 valence electrons. The molecule has 0 unspecified atom stereocenters. The lowest BCUT2D eigenvalue weighted by atomic mass is 10.2. The van der Waals surface area contributed by atoms with Crippen molar-refractivity contribution in [3.05, 3.63) is 91.9 Å². The van der Waals surface area contributed by atoms with Gasteiger partial charge < -0.3 is 0 Å². The van der Waals surface area contributed by atoms with Gasteiger partial charge in [-0.15, -0.1) is 0 Å². The Morgan fingerprint density at radius 1 is 1.11 bits per heavy atom. The van der Waals surface area contributed by atoms with Crippen LogP contribution in [0.15, 0.2) is 58.1 Å². The maximum absolute atomic E-state index is 13.1. The Bertz CT molecular complexity index is 1740. The molecule has 0 atom stereocenters. The van der Waals surface area contributed by atoms with Crippen LogP contribution in [0.1, 0.15) is 27.3 Å². The Balaban J connectivity index is 1.71. The molecule has 4 rings (SSSR count). The molecular weight excluding hydrogens is 521 g/mol. The maximum atomic E-state index is 13.1. The molecule has 1 amide bonds. The van der Waals surface area contributed by atoms with Gasteiger partial charge in [0.2, 0.25) is 10.0 Å². The molecule has 0 aliphatic heterocycles. The minimum absolute atomic E-state index is 0.112. The van der Waals surface area contributed by atoms with Crippen LogP contribution in [0.4, 0.5) is 13.2 Å². The van der Waals surface area contributed by atoms with Crippen LogP contribution < -0.4 is 16.0 Å². The van der Waals surface area contributed by atoms with Crippen LogP contribution in [0.25, 0.3) is 15.8 Å². The van der Waals surface area contributed by atoms with E-state index in [1.807, 2.05) is 4.72 Å². The van der Waals surface area contributed by atoms with Crippen molar-refractivity contribution in [1.29, 1.82) is 0 Å². The molecule has 2 heterocycles. The summed E-state index contributed by atoms with van der Waals surface area (Å²) in [5.74, 6) is -1.48. The van der Waals surface area contributed by atoms with Crippen LogP contribution in [0, 0.1) is 6.92 Å². The standard InChI is InChI=1S/C22H17F3N4O5S2/c1-12-4-3-5-13(8-12)11-36(33,34)27-20(31)19-15-9-14(6-7-16(15)35-26-19)29-18(30)10-17(22(23,24)25)28(2)21(29)32/h3-10H,11H2,1-2H3,(H,27,31). The molecule has 0 aliphatic carbocycles. The first kappa shape index (κ1) is 25.3. The predicted octanol–water partition coefficient (Wildman–Crippen LogP) is 2.73. The fraction of sp³-hybridized carbons (Fsp3) is 0.182. The summed E-state index contributed by atoms with van der Waals surface area (Å²) in [6.07, 6.45) is -4.91. The van der Waals surface area contributed by atoms with Crippen molar-refractivity contribution < 1.29 is 26.4 Å². The zero-order chi connectivity index (χ0) is 26.4. The van der Waals surface area contributed by atoms with E-state index >= 15 is 0 Å². The SMILES string of the molecule is Cc1cccc(CS(=O)(=O)NC(=O)c2nsc3ccc(-n4c(=O)cc(C(F)(F)F)n(C)c4=O)cc23)c1. The van der Waals surface area contributed by atoms with E-state index in [9.17, 15) is 36.0 Å². The number of sulfonamides is 1. The Hall–Kier alpha value is -3.78. The van der Waals surface area contributed by atoms with E-state index in [0.717, 1.165) is 24.1 Å². The van der Waals surface area contributed by atoms with Crippen LogP contribution in [0.3, 0.4) is 0 Å². The van der Waals surface area contributed by atoms with E-state index in [2.05, 4.69) is 4.37 Å². The number of carbonyl (C=O) groups is 1. The first-order valence-corrected chi connectivity index (χ1v) is 12.6. The van der Waals surface area contributed by atoms with Crippen molar-refractivity contribution in [3.63, 3.8) is 0 Å². The molecule has 0 radical (unpaired) electrons. The molecule has 2 aromatic heterocycles. The van der Waals surface area contributed by atoms with Crippen LogP contribution in [0.2, 0.25) is 0 Å². The number of aryl methyl sites for hydroxylation is 1. The summed E-state index contributed by atoms with van der Waals surface area (Å²) in [4.78, 5) is 37.8. The summed E-state index contributed by atoms with van der Waals surface area (Å²) in [6, 6.07) is 11.0. The molecule has 9 nitrogen and oxygen atoms in total. The second-order valence-electron chi connectivity index (χ2n) is 7.93. The molecule has 0 saturated carbocycles. The van der Waals surface area contributed by atoms with Gasteiger partial charge in [0.1, 0.15) is 5.69 Å². The fourth-order valence-electron chi connectivity index (χ4n) is 3.61. The Labute approximate surface area is 205 Å². The van der Waals surface area contributed by atoms with Gasteiger partial charge in [0.05, 0.1) is 16.1 Å². The smallest absolute Gasteiger partial charge is 0.292 e. The topological polar surface area (TPSA) is 120 Å². The van der Waals surface area contributed by atoms with Crippen LogP contribution in [-0.2, 0) is 29.0 Å². The van der Waals surface area contributed by atoms with Gasteiger partial charge in [-0.1, -0.05) is 29.8 Å². The molecule has 4 aromatic rings. The molecule has 36 heavy (non-hydrogen) atoms. The number of amides is 1.